The number of carbonyl (C=O) groups is 2. The summed E-state index contributed by atoms with van der Waals surface area (Å²) in [5.74, 6) is -1.16. The van der Waals surface area contributed by atoms with Gasteiger partial charge in [0, 0.05) is 13.0 Å². The maximum absolute atomic E-state index is 11.8. The summed E-state index contributed by atoms with van der Waals surface area (Å²) in [6, 6.07) is -1.78. The van der Waals surface area contributed by atoms with Gasteiger partial charge in [-0.05, 0) is 12.8 Å². The van der Waals surface area contributed by atoms with Crippen LogP contribution in [-0.4, -0.2) is 35.9 Å². The van der Waals surface area contributed by atoms with Crippen molar-refractivity contribution in [2.75, 3.05) is 6.54 Å². The number of amides is 2. The first-order chi connectivity index (χ1) is 8.26. The van der Waals surface area contributed by atoms with Crippen LogP contribution >= 0.6 is 0 Å². The fraction of sp³-hybridized carbons (Fsp3) is 0.800. The number of aliphatic carboxylic acids is 1. The van der Waals surface area contributed by atoms with E-state index in [0.717, 1.165) is 0 Å². The van der Waals surface area contributed by atoms with Crippen LogP contribution in [0.5, 0.6) is 0 Å². The molecule has 0 heterocycles. The Morgan fingerprint density at radius 2 is 1.94 bits per heavy atom. The van der Waals surface area contributed by atoms with Crippen LogP contribution < -0.4 is 10.6 Å². The molecule has 0 aromatic heterocycles. The lowest BCUT2D eigenvalue weighted by Crippen LogP contribution is -2.46. The standard InChI is InChI=1S/C10H17F3N2O3/c1-2-4-7(8(16)17)15-9(18)14-6-3-5-10(11,12)13/h7H,2-6H2,1H3,(H,16,17)(H2,14,15,18). The van der Waals surface area contributed by atoms with Crippen LogP contribution in [0.2, 0.25) is 0 Å². The van der Waals surface area contributed by atoms with Gasteiger partial charge in [-0.1, -0.05) is 13.3 Å². The summed E-state index contributed by atoms with van der Waals surface area (Å²) in [5.41, 5.74) is 0. The molecule has 0 saturated carbocycles. The summed E-state index contributed by atoms with van der Waals surface area (Å²) < 4.78 is 35.4. The number of urea groups is 1. The fourth-order valence-corrected chi connectivity index (χ4v) is 1.25. The van der Waals surface area contributed by atoms with E-state index in [2.05, 4.69) is 10.6 Å². The average Bonchev–Trinajstić information content (AvgIpc) is 2.22. The monoisotopic (exact) mass is 270 g/mol. The number of carbonyl (C=O) groups excluding carboxylic acids is 1. The highest BCUT2D eigenvalue weighted by Crippen LogP contribution is 2.20. The Bertz CT molecular complexity index is 282. The van der Waals surface area contributed by atoms with Gasteiger partial charge in [-0.3, -0.25) is 0 Å². The molecule has 0 spiro atoms. The minimum atomic E-state index is -4.25. The molecule has 1 unspecified atom stereocenters. The number of hydrogen-bond acceptors (Lipinski definition) is 2. The van der Waals surface area contributed by atoms with E-state index in [1.165, 1.54) is 0 Å². The van der Waals surface area contributed by atoms with E-state index < -0.39 is 30.6 Å². The molecule has 0 radical (unpaired) electrons. The lowest BCUT2D eigenvalue weighted by Gasteiger charge is -2.14. The zero-order valence-electron chi connectivity index (χ0n) is 10.0. The third-order valence-corrected chi connectivity index (χ3v) is 2.10. The van der Waals surface area contributed by atoms with E-state index >= 15 is 0 Å². The summed E-state index contributed by atoms with van der Waals surface area (Å²) in [6.07, 6.45) is -4.62. The molecule has 0 aliphatic rings. The lowest BCUT2D eigenvalue weighted by molar-refractivity contribution is -0.139. The molecule has 3 N–H and O–H groups in total. The van der Waals surface area contributed by atoms with Crippen molar-refractivity contribution in [2.24, 2.45) is 0 Å². The third-order valence-electron chi connectivity index (χ3n) is 2.10. The second kappa shape index (κ2) is 7.78. The van der Waals surface area contributed by atoms with E-state index in [1.807, 2.05) is 0 Å². The van der Waals surface area contributed by atoms with Crippen molar-refractivity contribution in [1.29, 1.82) is 0 Å². The van der Waals surface area contributed by atoms with Gasteiger partial charge in [-0.25, -0.2) is 9.59 Å². The Labute approximate surface area is 103 Å². The molecular weight excluding hydrogens is 253 g/mol. The van der Waals surface area contributed by atoms with Crippen LogP contribution in [0, 0.1) is 0 Å². The molecule has 18 heavy (non-hydrogen) atoms. The molecule has 0 aromatic carbocycles. The highest BCUT2D eigenvalue weighted by molar-refractivity contribution is 5.82. The van der Waals surface area contributed by atoms with Crippen molar-refractivity contribution in [1.82, 2.24) is 10.6 Å². The highest BCUT2D eigenvalue weighted by Gasteiger charge is 2.26. The van der Waals surface area contributed by atoms with Gasteiger partial charge in [-0.15, -0.1) is 0 Å². The van der Waals surface area contributed by atoms with Gasteiger partial charge in [-0.2, -0.15) is 13.2 Å². The van der Waals surface area contributed by atoms with Crippen molar-refractivity contribution < 1.29 is 27.9 Å². The number of alkyl halides is 3. The molecule has 0 fully saturated rings. The van der Waals surface area contributed by atoms with E-state index in [4.69, 9.17) is 5.11 Å². The summed E-state index contributed by atoms with van der Waals surface area (Å²) >= 11 is 0. The van der Waals surface area contributed by atoms with Gasteiger partial charge < -0.3 is 15.7 Å². The topological polar surface area (TPSA) is 78.4 Å². The van der Waals surface area contributed by atoms with Crippen LogP contribution in [0.1, 0.15) is 32.6 Å². The molecule has 2 amide bonds. The SMILES string of the molecule is CCCC(NC(=O)NCCCC(F)(F)F)C(=O)O. The summed E-state index contributed by atoms with van der Waals surface area (Å²) in [7, 11) is 0. The molecular formula is C10H17F3N2O3. The highest BCUT2D eigenvalue weighted by atomic mass is 19.4. The number of halogens is 3. The van der Waals surface area contributed by atoms with Gasteiger partial charge in [0.25, 0.3) is 0 Å². The molecule has 0 saturated heterocycles. The smallest absolute Gasteiger partial charge is 0.389 e. The van der Waals surface area contributed by atoms with Crippen molar-refractivity contribution >= 4 is 12.0 Å². The van der Waals surface area contributed by atoms with Crippen molar-refractivity contribution in [2.45, 2.75) is 44.8 Å². The van der Waals surface area contributed by atoms with Crippen LogP contribution in [0.25, 0.3) is 0 Å². The van der Waals surface area contributed by atoms with Gasteiger partial charge in [0.15, 0.2) is 0 Å². The lowest BCUT2D eigenvalue weighted by atomic mass is 10.2. The van der Waals surface area contributed by atoms with Crippen LogP contribution in [0.3, 0.4) is 0 Å². The molecule has 0 aliphatic carbocycles. The molecule has 5 nitrogen and oxygen atoms in total. The predicted molar refractivity (Wildman–Crippen MR) is 58.2 cm³/mol. The van der Waals surface area contributed by atoms with Crippen LogP contribution in [0.4, 0.5) is 18.0 Å². The van der Waals surface area contributed by atoms with Gasteiger partial charge in [0.05, 0.1) is 0 Å². The zero-order valence-corrected chi connectivity index (χ0v) is 10.0. The summed E-state index contributed by atoms with van der Waals surface area (Å²) in [4.78, 5) is 21.9. The molecule has 0 aromatic rings. The van der Waals surface area contributed by atoms with E-state index in [-0.39, 0.29) is 19.4 Å². The second-order valence-electron chi connectivity index (χ2n) is 3.80. The van der Waals surface area contributed by atoms with Crippen molar-refractivity contribution in [3.05, 3.63) is 0 Å². The number of nitrogens with one attached hydrogen (secondary N) is 2. The molecule has 0 bridgehead atoms. The first-order valence-electron chi connectivity index (χ1n) is 5.60. The Balaban J connectivity index is 3.85. The minimum absolute atomic E-state index is 0.149. The second-order valence-corrected chi connectivity index (χ2v) is 3.80. The van der Waals surface area contributed by atoms with Crippen LogP contribution in [0.15, 0.2) is 0 Å². The summed E-state index contributed by atoms with van der Waals surface area (Å²) in [5, 5.41) is 13.1. The third kappa shape index (κ3) is 8.66. The molecule has 0 aliphatic heterocycles. The van der Waals surface area contributed by atoms with Crippen molar-refractivity contribution in [3.63, 3.8) is 0 Å². The Hall–Kier alpha value is -1.47. The molecule has 0 rings (SSSR count). The number of hydrogen-bond donors (Lipinski definition) is 3. The van der Waals surface area contributed by atoms with E-state index in [1.54, 1.807) is 6.92 Å². The van der Waals surface area contributed by atoms with E-state index in [9.17, 15) is 22.8 Å². The maximum atomic E-state index is 11.8. The number of carboxylic acids is 1. The van der Waals surface area contributed by atoms with Gasteiger partial charge in [0.2, 0.25) is 0 Å². The quantitative estimate of drug-likeness (QED) is 0.618. The number of carboxylic acid groups (broad SMARTS) is 1. The van der Waals surface area contributed by atoms with Crippen LogP contribution in [-0.2, 0) is 4.79 Å². The molecule has 1 atom stereocenters. The molecule has 8 heteroatoms. The van der Waals surface area contributed by atoms with E-state index in [0.29, 0.717) is 6.42 Å². The van der Waals surface area contributed by atoms with Gasteiger partial charge in [0.1, 0.15) is 6.04 Å². The minimum Gasteiger partial charge on any atom is -0.480 e. The predicted octanol–water partition coefficient (Wildman–Crippen LogP) is 1.88. The Morgan fingerprint density at radius 1 is 1.33 bits per heavy atom. The zero-order chi connectivity index (χ0) is 14.2. The Morgan fingerprint density at radius 3 is 2.39 bits per heavy atom. The summed E-state index contributed by atoms with van der Waals surface area (Å²) in [6.45, 7) is 1.61. The first kappa shape index (κ1) is 16.5. The number of rotatable bonds is 7. The van der Waals surface area contributed by atoms with Gasteiger partial charge >= 0.3 is 18.2 Å². The molecule has 106 valence electrons. The Kier molecular flexibility index (Phi) is 7.14. The van der Waals surface area contributed by atoms with Crippen molar-refractivity contribution in [3.8, 4) is 0 Å². The average molecular weight is 270 g/mol. The normalized spacial score (nSPS) is 12.9. The largest absolute Gasteiger partial charge is 0.480 e. The maximum Gasteiger partial charge on any atom is 0.389 e. The first-order valence-corrected chi connectivity index (χ1v) is 5.60. The fourth-order valence-electron chi connectivity index (χ4n) is 1.25.